The number of nitrogen functional groups attached to an aromatic ring is 1. The highest BCUT2D eigenvalue weighted by atomic mass is 19.1. The Morgan fingerprint density at radius 2 is 1.83 bits per heavy atom. The molecule has 3 N–H and O–H groups in total. The maximum atomic E-state index is 12.3. The van der Waals surface area contributed by atoms with Crippen LogP contribution in [0.3, 0.4) is 0 Å². The maximum Gasteiger partial charge on any atom is 0.293 e. The lowest BCUT2D eigenvalue weighted by Gasteiger charge is -2.14. The van der Waals surface area contributed by atoms with Gasteiger partial charge in [-0.1, -0.05) is 0 Å². The van der Waals surface area contributed by atoms with Crippen molar-refractivity contribution in [2.24, 2.45) is 5.84 Å². The summed E-state index contributed by atoms with van der Waals surface area (Å²) >= 11 is 0. The van der Waals surface area contributed by atoms with Gasteiger partial charge in [-0.3, -0.25) is 15.0 Å². The molecule has 0 spiro atoms. The van der Waals surface area contributed by atoms with E-state index in [1.165, 1.54) is 24.3 Å². The van der Waals surface area contributed by atoms with Gasteiger partial charge in [0.05, 0.1) is 0 Å². The van der Waals surface area contributed by atoms with Gasteiger partial charge >= 0.3 is 0 Å². The smallest absolute Gasteiger partial charge is 0.293 e. The first-order valence-electron chi connectivity index (χ1n) is 5.18. The lowest BCUT2D eigenvalue weighted by Crippen LogP contribution is -2.29. The van der Waals surface area contributed by atoms with Crippen molar-refractivity contribution in [3.63, 3.8) is 0 Å². The molecule has 0 saturated carbocycles. The Morgan fingerprint density at radius 1 is 1.33 bits per heavy atom. The van der Waals surface area contributed by atoms with Crippen molar-refractivity contribution in [3.8, 4) is 0 Å². The first-order chi connectivity index (χ1) is 8.30. The molecule has 1 amide bonds. The summed E-state index contributed by atoms with van der Waals surface area (Å²) in [5, 5.41) is 0. The van der Waals surface area contributed by atoms with Gasteiger partial charge in [-0.2, -0.15) is 0 Å². The van der Waals surface area contributed by atoms with E-state index in [-0.39, 0.29) is 11.4 Å². The van der Waals surface area contributed by atoms with Gasteiger partial charge in [0.15, 0.2) is 0 Å². The molecule has 100 valence electrons. The zero-order chi connectivity index (χ0) is 14.2. The van der Waals surface area contributed by atoms with Crippen molar-refractivity contribution >= 4 is 12.4 Å². The molecule has 0 unspecified atom stereocenters. The highest BCUT2D eigenvalue weighted by Gasteiger charge is 2.07. The van der Waals surface area contributed by atoms with Gasteiger partial charge in [-0.05, 0) is 45.0 Å². The van der Waals surface area contributed by atoms with Crippen LogP contribution < -0.4 is 11.3 Å². The van der Waals surface area contributed by atoms with Crippen LogP contribution in [0, 0.1) is 5.82 Å². The zero-order valence-electron chi connectivity index (χ0n) is 10.6. The van der Waals surface area contributed by atoms with Gasteiger partial charge < -0.3 is 4.74 Å². The Labute approximate surface area is 105 Å². The molecule has 0 atom stereocenters. The summed E-state index contributed by atoms with van der Waals surface area (Å²) in [5.41, 5.74) is 1.96. The van der Waals surface area contributed by atoms with Crippen LogP contribution >= 0.6 is 0 Å². The van der Waals surface area contributed by atoms with Crippen molar-refractivity contribution in [1.29, 1.82) is 0 Å². The number of amides is 1. The van der Waals surface area contributed by atoms with Crippen molar-refractivity contribution in [1.82, 2.24) is 5.43 Å². The van der Waals surface area contributed by atoms with Gasteiger partial charge in [-0.15, -0.1) is 0 Å². The molecule has 6 heteroatoms. The van der Waals surface area contributed by atoms with E-state index in [1.807, 2.05) is 26.2 Å². The predicted octanol–water partition coefficient (Wildman–Crippen LogP) is 1.39. The summed E-state index contributed by atoms with van der Waals surface area (Å²) in [6, 6.07) is 5.12. The molecule has 0 aliphatic heterocycles. The molecule has 0 heterocycles. The van der Waals surface area contributed by atoms with Crippen molar-refractivity contribution in [2.45, 2.75) is 26.4 Å². The van der Waals surface area contributed by atoms with Gasteiger partial charge in [0.1, 0.15) is 11.4 Å². The Balaban J connectivity index is 0.000000360. The van der Waals surface area contributed by atoms with Crippen LogP contribution in [0.1, 0.15) is 31.1 Å². The van der Waals surface area contributed by atoms with E-state index in [1.54, 1.807) is 0 Å². The first-order valence-corrected chi connectivity index (χ1v) is 5.18. The zero-order valence-corrected chi connectivity index (χ0v) is 10.6. The van der Waals surface area contributed by atoms with Crippen LogP contribution in [0.5, 0.6) is 0 Å². The molecule has 0 bridgehead atoms. The number of carbonyl (C=O) groups excluding carboxylic acids is 2. The molecule has 18 heavy (non-hydrogen) atoms. The third kappa shape index (κ3) is 7.34. The molecular weight excluding hydrogens is 239 g/mol. The molecule has 1 aromatic carbocycles. The number of hydrogen-bond acceptors (Lipinski definition) is 4. The molecule has 0 aliphatic rings. The highest BCUT2D eigenvalue weighted by molar-refractivity contribution is 5.93. The summed E-state index contributed by atoms with van der Waals surface area (Å²) in [7, 11) is 0. The Bertz CT molecular complexity index is 385. The summed E-state index contributed by atoms with van der Waals surface area (Å²) in [6.45, 7) is 5.92. The molecular formula is C12H17FN2O3. The molecule has 0 aliphatic carbocycles. The van der Waals surface area contributed by atoms with Crippen LogP contribution in [0.4, 0.5) is 4.39 Å². The number of ether oxygens (including phenoxy) is 1. The number of carbonyl (C=O) groups is 2. The molecule has 0 radical (unpaired) electrons. The molecule has 1 rings (SSSR count). The summed E-state index contributed by atoms with van der Waals surface area (Å²) in [5.74, 6) is 4.05. The second-order valence-electron chi connectivity index (χ2n) is 4.31. The van der Waals surface area contributed by atoms with Gasteiger partial charge in [0, 0.05) is 5.56 Å². The molecule has 0 aromatic heterocycles. The Morgan fingerprint density at radius 3 is 2.11 bits per heavy atom. The third-order valence-corrected chi connectivity index (χ3v) is 1.64. The fourth-order valence-corrected chi connectivity index (χ4v) is 0.829. The number of benzene rings is 1. The van der Waals surface area contributed by atoms with E-state index in [4.69, 9.17) is 5.84 Å². The van der Waals surface area contributed by atoms with Crippen LogP contribution in [0.25, 0.3) is 0 Å². The summed E-state index contributed by atoms with van der Waals surface area (Å²) in [4.78, 5) is 20.4. The number of nitrogens with two attached hydrogens (primary N) is 1. The number of nitrogens with one attached hydrogen (secondary N) is 1. The lowest BCUT2D eigenvalue weighted by molar-refractivity contribution is -0.138. The second kappa shape index (κ2) is 7.39. The highest BCUT2D eigenvalue weighted by Crippen LogP contribution is 2.02. The number of halogens is 1. The minimum Gasteiger partial charge on any atom is -0.462 e. The third-order valence-electron chi connectivity index (χ3n) is 1.64. The van der Waals surface area contributed by atoms with Crippen LogP contribution in [0.2, 0.25) is 0 Å². The maximum absolute atomic E-state index is 12.3. The van der Waals surface area contributed by atoms with E-state index in [9.17, 15) is 14.0 Å². The van der Waals surface area contributed by atoms with Crippen molar-refractivity contribution in [3.05, 3.63) is 35.6 Å². The van der Waals surface area contributed by atoms with E-state index in [2.05, 4.69) is 4.74 Å². The van der Waals surface area contributed by atoms with E-state index >= 15 is 0 Å². The van der Waals surface area contributed by atoms with E-state index in [0.29, 0.717) is 12.0 Å². The largest absolute Gasteiger partial charge is 0.462 e. The predicted molar refractivity (Wildman–Crippen MR) is 65.0 cm³/mol. The SMILES string of the molecule is CC(C)(C)OC=O.NNC(=O)c1ccc(F)cc1. The molecule has 0 saturated heterocycles. The quantitative estimate of drug-likeness (QED) is 0.362. The van der Waals surface area contributed by atoms with Gasteiger partial charge in [-0.25, -0.2) is 10.2 Å². The van der Waals surface area contributed by atoms with Crippen LogP contribution in [-0.2, 0) is 9.53 Å². The summed E-state index contributed by atoms with van der Waals surface area (Å²) < 4.78 is 16.8. The number of rotatable bonds is 2. The average Bonchev–Trinajstić information content (AvgIpc) is 2.28. The minimum absolute atomic E-state index is 0.318. The molecule has 1 aromatic rings. The number of hydrogen-bond donors (Lipinski definition) is 2. The van der Waals surface area contributed by atoms with Gasteiger partial charge in [0.2, 0.25) is 0 Å². The monoisotopic (exact) mass is 256 g/mol. The second-order valence-corrected chi connectivity index (χ2v) is 4.31. The van der Waals surface area contributed by atoms with Crippen LogP contribution in [0.15, 0.2) is 24.3 Å². The Kier molecular flexibility index (Phi) is 6.59. The number of hydrazine groups is 1. The standard InChI is InChI=1S/C7H7FN2O.C5H10O2/c8-6-3-1-5(2-4-6)7(11)10-9;1-5(2,3)7-4-6/h1-4H,9H2,(H,10,11);4H,1-3H3. The molecule has 0 fully saturated rings. The average molecular weight is 256 g/mol. The normalized spacial score (nSPS) is 9.83. The minimum atomic E-state index is -0.426. The molecule has 5 nitrogen and oxygen atoms in total. The summed E-state index contributed by atoms with van der Waals surface area (Å²) in [6.07, 6.45) is 0. The van der Waals surface area contributed by atoms with Crippen LogP contribution in [-0.4, -0.2) is 18.0 Å². The fourth-order valence-electron chi connectivity index (χ4n) is 0.829. The van der Waals surface area contributed by atoms with Crippen molar-refractivity contribution < 1.29 is 18.7 Å². The van der Waals surface area contributed by atoms with E-state index < -0.39 is 5.91 Å². The van der Waals surface area contributed by atoms with Gasteiger partial charge in [0.25, 0.3) is 12.4 Å². The van der Waals surface area contributed by atoms with E-state index in [0.717, 1.165) is 0 Å². The first kappa shape index (κ1) is 16.1. The topological polar surface area (TPSA) is 81.4 Å². The van der Waals surface area contributed by atoms with Crippen molar-refractivity contribution in [2.75, 3.05) is 0 Å². The Hall–Kier alpha value is -1.95. The lowest BCUT2D eigenvalue weighted by atomic mass is 10.2. The fraction of sp³-hybridized carbons (Fsp3) is 0.333.